The van der Waals surface area contributed by atoms with Gasteiger partial charge in [0.2, 0.25) is 5.95 Å². The number of aromatic amines is 1. The van der Waals surface area contributed by atoms with Crippen LogP contribution in [0.1, 0.15) is 16.8 Å². The molecule has 1 saturated heterocycles. The fourth-order valence-corrected chi connectivity index (χ4v) is 4.02. The summed E-state index contributed by atoms with van der Waals surface area (Å²) in [6, 6.07) is 13.2. The Bertz CT molecular complexity index is 1330. The Morgan fingerprint density at radius 2 is 1.91 bits per heavy atom. The van der Waals surface area contributed by atoms with Gasteiger partial charge in [0.25, 0.3) is 11.5 Å². The molecule has 1 aliphatic rings. The van der Waals surface area contributed by atoms with Crippen molar-refractivity contribution in [3.63, 3.8) is 0 Å². The average Bonchev–Trinajstić information content (AvgIpc) is 3.23. The van der Waals surface area contributed by atoms with E-state index in [1.165, 1.54) is 18.2 Å². The van der Waals surface area contributed by atoms with Crippen molar-refractivity contribution < 1.29 is 9.18 Å². The van der Waals surface area contributed by atoms with Crippen molar-refractivity contribution >= 4 is 22.8 Å². The summed E-state index contributed by atoms with van der Waals surface area (Å²) in [7, 11) is 0. The second-order valence-corrected chi connectivity index (χ2v) is 7.65. The highest BCUT2D eigenvalue weighted by molar-refractivity contribution is 5.97. The summed E-state index contributed by atoms with van der Waals surface area (Å²) in [5.41, 5.74) is 1.38. The smallest absolute Gasteiger partial charge is 0.260 e. The number of fused-ring (bicyclic) bond motifs is 1. The quantitative estimate of drug-likeness (QED) is 0.538. The van der Waals surface area contributed by atoms with Crippen LogP contribution < -0.4 is 10.5 Å². The minimum Gasteiger partial charge on any atom is -0.340 e. The molecule has 9 heteroatoms. The van der Waals surface area contributed by atoms with Crippen molar-refractivity contribution in [1.29, 1.82) is 0 Å². The van der Waals surface area contributed by atoms with E-state index < -0.39 is 5.82 Å². The van der Waals surface area contributed by atoms with Gasteiger partial charge in [0.1, 0.15) is 5.82 Å². The number of rotatable bonds is 3. The zero-order valence-electron chi connectivity index (χ0n) is 17.2. The first-order valence-electron chi connectivity index (χ1n) is 10.4. The van der Waals surface area contributed by atoms with Gasteiger partial charge >= 0.3 is 0 Å². The molecular formula is C23H21FN6O2. The van der Waals surface area contributed by atoms with Gasteiger partial charge in [0.15, 0.2) is 0 Å². The van der Waals surface area contributed by atoms with Crippen LogP contribution in [0.15, 0.2) is 65.7 Å². The minimum atomic E-state index is -0.475. The summed E-state index contributed by atoms with van der Waals surface area (Å²) in [5.74, 6) is -0.106. The molecule has 0 atom stereocenters. The number of carbonyl (C=O) groups excluding carboxylic acids is 1. The number of nitrogens with zero attached hydrogens (tertiary/aromatic N) is 5. The van der Waals surface area contributed by atoms with Crippen LogP contribution in [0.2, 0.25) is 0 Å². The molecule has 2 aromatic carbocycles. The van der Waals surface area contributed by atoms with Crippen LogP contribution in [0.4, 0.5) is 10.3 Å². The van der Waals surface area contributed by atoms with Crippen molar-refractivity contribution in [2.24, 2.45) is 0 Å². The molecule has 4 aromatic rings. The molecule has 0 radical (unpaired) electrons. The monoisotopic (exact) mass is 432 g/mol. The molecule has 0 saturated carbocycles. The van der Waals surface area contributed by atoms with Crippen molar-refractivity contribution in [2.45, 2.75) is 6.42 Å². The van der Waals surface area contributed by atoms with E-state index in [0.717, 1.165) is 12.1 Å². The van der Waals surface area contributed by atoms with Crippen LogP contribution in [0, 0.1) is 5.82 Å². The highest BCUT2D eigenvalue weighted by Gasteiger charge is 2.24. The minimum absolute atomic E-state index is 0.0617. The Hall–Kier alpha value is -4.01. The van der Waals surface area contributed by atoms with E-state index in [1.54, 1.807) is 10.9 Å². The van der Waals surface area contributed by atoms with Crippen LogP contribution in [0.25, 0.3) is 16.6 Å². The third-order valence-electron chi connectivity index (χ3n) is 5.62. The van der Waals surface area contributed by atoms with Crippen LogP contribution >= 0.6 is 0 Å². The van der Waals surface area contributed by atoms with E-state index in [0.29, 0.717) is 43.2 Å². The number of amides is 1. The van der Waals surface area contributed by atoms with Gasteiger partial charge in [-0.25, -0.2) is 14.1 Å². The summed E-state index contributed by atoms with van der Waals surface area (Å²) in [5, 5.41) is 4.47. The fourth-order valence-electron chi connectivity index (χ4n) is 4.02. The SMILES string of the molecule is O=C(c1ccccc1-n1cccn1)N1CCCN(c2nc3ccc(F)cc3c(=O)[nH]2)CC1. The summed E-state index contributed by atoms with van der Waals surface area (Å²) in [6.45, 7) is 2.23. The van der Waals surface area contributed by atoms with Gasteiger partial charge < -0.3 is 9.80 Å². The molecule has 3 heterocycles. The van der Waals surface area contributed by atoms with Gasteiger partial charge in [-0.15, -0.1) is 0 Å². The number of nitrogens with one attached hydrogen (secondary N) is 1. The van der Waals surface area contributed by atoms with Crippen LogP contribution in [-0.4, -0.2) is 56.7 Å². The van der Waals surface area contributed by atoms with Crippen molar-refractivity contribution in [3.8, 4) is 5.69 Å². The summed E-state index contributed by atoms with van der Waals surface area (Å²) < 4.78 is 15.2. The molecular weight excluding hydrogens is 411 g/mol. The maximum Gasteiger partial charge on any atom is 0.260 e. The van der Waals surface area contributed by atoms with Gasteiger partial charge in [-0.1, -0.05) is 12.1 Å². The second-order valence-electron chi connectivity index (χ2n) is 7.65. The van der Waals surface area contributed by atoms with E-state index in [9.17, 15) is 14.0 Å². The normalized spacial score (nSPS) is 14.5. The number of benzene rings is 2. The summed E-state index contributed by atoms with van der Waals surface area (Å²) >= 11 is 0. The van der Waals surface area contributed by atoms with Crippen molar-refractivity contribution in [3.05, 3.63) is 82.7 Å². The van der Waals surface area contributed by atoms with Gasteiger partial charge in [-0.2, -0.15) is 5.10 Å². The highest BCUT2D eigenvalue weighted by Crippen LogP contribution is 2.19. The maximum atomic E-state index is 13.5. The zero-order valence-corrected chi connectivity index (χ0v) is 17.2. The standard InChI is InChI=1S/C23H21FN6O2/c24-16-7-8-19-18(15-16)21(31)27-23(26-19)29-11-4-10-28(13-14-29)22(32)17-5-1-2-6-20(17)30-12-3-9-25-30/h1-3,5-9,12,15H,4,10-11,13-14H2,(H,26,27,31). The lowest BCUT2D eigenvalue weighted by Crippen LogP contribution is -2.36. The van der Waals surface area contributed by atoms with Gasteiger partial charge in [-0.05, 0) is 42.8 Å². The Morgan fingerprint density at radius 3 is 2.75 bits per heavy atom. The van der Waals surface area contributed by atoms with Gasteiger partial charge in [0, 0.05) is 38.6 Å². The van der Waals surface area contributed by atoms with E-state index in [-0.39, 0.29) is 16.9 Å². The van der Waals surface area contributed by atoms with E-state index in [2.05, 4.69) is 15.1 Å². The predicted molar refractivity (Wildman–Crippen MR) is 119 cm³/mol. The highest BCUT2D eigenvalue weighted by atomic mass is 19.1. The third-order valence-corrected chi connectivity index (χ3v) is 5.62. The van der Waals surface area contributed by atoms with Gasteiger partial charge in [0.05, 0.1) is 22.2 Å². The first-order chi connectivity index (χ1) is 15.6. The molecule has 0 unspecified atom stereocenters. The Labute approximate surface area is 182 Å². The number of carbonyl (C=O) groups is 1. The summed E-state index contributed by atoms with van der Waals surface area (Å²) in [6.07, 6.45) is 4.21. The number of halogens is 1. The molecule has 1 N–H and O–H groups in total. The largest absolute Gasteiger partial charge is 0.340 e. The molecule has 0 aliphatic carbocycles. The molecule has 0 bridgehead atoms. The number of anilines is 1. The topological polar surface area (TPSA) is 87.1 Å². The third kappa shape index (κ3) is 3.73. The van der Waals surface area contributed by atoms with Crippen molar-refractivity contribution in [1.82, 2.24) is 24.6 Å². The lowest BCUT2D eigenvalue weighted by atomic mass is 10.1. The molecule has 162 valence electrons. The average molecular weight is 432 g/mol. The Kier molecular flexibility index (Phi) is 5.14. The van der Waals surface area contributed by atoms with E-state index in [4.69, 9.17) is 0 Å². The molecule has 0 spiro atoms. The molecule has 2 aromatic heterocycles. The summed E-state index contributed by atoms with van der Waals surface area (Å²) in [4.78, 5) is 36.8. The molecule has 1 aliphatic heterocycles. The van der Waals surface area contributed by atoms with Crippen LogP contribution in [0.5, 0.6) is 0 Å². The molecule has 1 fully saturated rings. The predicted octanol–water partition coefficient (Wildman–Crippen LogP) is 2.60. The molecule has 1 amide bonds. The maximum absolute atomic E-state index is 13.5. The van der Waals surface area contributed by atoms with Gasteiger partial charge in [-0.3, -0.25) is 14.6 Å². The fraction of sp³-hybridized carbons (Fsp3) is 0.217. The molecule has 8 nitrogen and oxygen atoms in total. The zero-order chi connectivity index (χ0) is 22.1. The number of para-hydroxylation sites is 1. The first-order valence-corrected chi connectivity index (χ1v) is 10.4. The van der Waals surface area contributed by atoms with E-state index >= 15 is 0 Å². The number of aromatic nitrogens is 4. The number of hydrogen-bond acceptors (Lipinski definition) is 5. The molecule has 5 rings (SSSR count). The number of H-pyrrole nitrogens is 1. The Morgan fingerprint density at radius 1 is 1.03 bits per heavy atom. The van der Waals surface area contributed by atoms with E-state index in [1.807, 2.05) is 46.3 Å². The Balaban J connectivity index is 1.37. The second kappa shape index (κ2) is 8.26. The van der Waals surface area contributed by atoms with Crippen molar-refractivity contribution in [2.75, 3.05) is 31.1 Å². The lowest BCUT2D eigenvalue weighted by Gasteiger charge is -2.23. The first kappa shape index (κ1) is 19.9. The number of hydrogen-bond donors (Lipinski definition) is 1. The lowest BCUT2D eigenvalue weighted by molar-refractivity contribution is 0.0767. The van der Waals surface area contributed by atoms with Crippen LogP contribution in [-0.2, 0) is 0 Å². The van der Waals surface area contributed by atoms with Crippen LogP contribution in [0.3, 0.4) is 0 Å². The molecule has 32 heavy (non-hydrogen) atoms.